The summed E-state index contributed by atoms with van der Waals surface area (Å²) in [6.07, 6.45) is 0. The zero-order valence-electron chi connectivity index (χ0n) is 12.3. The van der Waals surface area contributed by atoms with Gasteiger partial charge in [-0.25, -0.2) is 13.6 Å². The molecule has 0 aromatic heterocycles. The summed E-state index contributed by atoms with van der Waals surface area (Å²) in [5.74, 6) is -0.795. The van der Waals surface area contributed by atoms with Crippen molar-refractivity contribution in [2.45, 2.75) is 11.8 Å². The summed E-state index contributed by atoms with van der Waals surface area (Å²) in [5, 5.41) is 5.19. The number of esters is 1. The van der Waals surface area contributed by atoms with Gasteiger partial charge in [-0.1, -0.05) is 0 Å². The molecule has 0 radical (unpaired) electrons. The third-order valence-corrected chi connectivity index (χ3v) is 4.46. The van der Waals surface area contributed by atoms with E-state index in [-0.39, 0.29) is 35.6 Å². The van der Waals surface area contributed by atoms with E-state index in [4.69, 9.17) is 22.1 Å². The first kappa shape index (κ1) is 17.3. The Balaban J connectivity index is 2.18. The molecule has 1 aromatic rings. The lowest BCUT2D eigenvalue weighted by atomic mass is 10.3. The van der Waals surface area contributed by atoms with Crippen LogP contribution in [0.1, 0.15) is 6.92 Å². The number of rotatable bonds is 5. The van der Waals surface area contributed by atoms with E-state index >= 15 is 0 Å². The van der Waals surface area contributed by atoms with Crippen LogP contribution in [0.2, 0.25) is 0 Å². The minimum Gasteiger partial charge on any atom is -0.465 e. The summed E-state index contributed by atoms with van der Waals surface area (Å²) < 4.78 is 27.3. The number of thiocarbonyl (C=S) groups is 1. The Kier molecular flexibility index (Phi) is 4.97. The predicted molar refractivity (Wildman–Crippen MR) is 86.1 cm³/mol. The number of amides is 1. The average molecular weight is 357 g/mol. The SMILES string of the molecule is CCOC(=O)CN1CC(=O)N(c2ccc(S(N)(=O)=O)cc2)C1=S. The third kappa shape index (κ3) is 3.84. The minimum atomic E-state index is -3.81. The Morgan fingerprint density at radius 3 is 2.48 bits per heavy atom. The molecule has 2 rings (SSSR count). The van der Waals surface area contributed by atoms with Crippen LogP contribution in [0.4, 0.5) is 5.69 Å². The lowest BCUT2D eigenvalue weighted by Gasteiger charge is -2.19. The molecule has 23 heavy (non-hydrogen) atoms. The molecule has 0 aliphatic carbocycles. The molecule has 1 saturated heterocycles. The molecule has 1 aromatic carbocycles. The van der Waals surface area contributed by atoms with E-state index in [1.807, 2.05) is 0 Å². The quantitative estimate of drug-likeness (QED) is 0.575. The van der Waals surface area contributed by atoms with Crippen molar-refractivity contribution in [3.8, 4) is 0 Å². The van der Waals surface area contributed by atoms with E-state index in [0.717, 1.165) is 0 Å². The molecule has 0 atom stereocenters. The van der Waals surface area contributed by atoms with Gasteiger partial charge in [-0.05, 0) is 43.4 Å². The number of carbonyl (C=O) groups excluding carboxylic acids is 2. The number of carbonyl (C=O) groups is 2. The van der Waals surface area contributed by atoms with Gasteiger partial charge in [0, 0.05) is 0 Å². The van der Waals surface area contributed by atoms with Crippen LogP contribution in [0.15, 0.2) is 29.2 Å². The first-order chi connectivity index (χ1) is 10.7. The van der Waals surface area contributed by atoms with Gasteiger partial charge >= 0.3 is 5.97 Å². The van der Waals surface area contributed by atoms with Crippen molar-refractivity contribution in [2.24, 2.45) is 5.14 Å². The van der Waals surface area contributed by atoms with Crippen molar-refractivity contribution in [1.82, 2.24) is 4.90 Å². The maximum Gasteiger partial charge on any atom is 0.325 e. The van der Waals surface area contributed by atoms with Gasteiger partial charge in [0.05, 0.1) is 17.2 Å². The summed E-state index contributed by atoms with van der Waals surface area (Å²) in [7, 11) is -3.81. The first-order valence-corrected chi connectivity index (χ1v) is 8.60. The summed E-state index contributed by atoms with van der Waals surface area (Å²) in [5.41, 5.74) is 0.402. The van der Waals surface area contributed by atoms with Crippen molar-refractivity contribution in [3.05, 3.63) is 24.3 Å². The summed E-state index contributed by atoms with van der Waals surface area (Å²) in [6, 6.07) is 5.43. The van der Waals surface area contributed by atoms with Crippen molar-refractivity contribution >= 4 is 44.9 Å². The predicted octanol–water partition coefficient (Wildman–Crippen LogP) is -0.169. The van der Waals surface area contributed by atoms with E-state index in [9.17, 15) is 18.0 Å². The van der Waals surface area contributed by atoms with Gasteiger partial charge in [0.25, 0.3) is 5.91 Å². The Labute approximate surface area is 138 Å². The molecule has 0 spiro atoms. The summed E-state index contributed by atoms with van der Waals surface area (Å²) in [4.78, 5) is 26.2. The normalized spacial score (nSPS) is 15.2. The highest BCUT2D eigenvalue weighted by Crippen LogP contribution is 2.23. The van der Waals surface area contributed by atoms with Crippen LogP contribution >= 0.6 is 12.2 Å². The fourth-order valence-electron chi connectivity index (χ4n) is 2.08. The van der Waals surface area contributed by atoms with E-state index in [2.05, 4.69) is 0 Å². The summed E-state index contributed by atoms with van der Waals surface area (Å²) >= 11 is 5.21. The van der Waals surface area contributed by atoms with Crippen molar-refractivity contribution in [3.63, 3.8) is 0 Å². The fraction of sp³-hybridized carbons (Fsp3) is 0.308. The maximum absolute atomic E-state index is 12.1. The van der Waals surface area contributed by atoms with Crippen LogP contribution in [0.3, 0.4) is 0 Å². The van der Waals surface area contributed by atoms with Gasteiger partial charge in [0.2, 0.25) is 10.0 Å². The number of hydrogen-bond acceptors (Lipinski definition) is 6. The van der Waals surface area contributed by atoms with E-state index < -0.39 is 16.0 Å². The standard InChI is InChI=1S/C13H15N3O5S2/c1-2-21-12(18)8-15-7-11(17)16(13(15)22)9-3-5-10(6-4-9)23(14,19)20/h3-6H,2,7-8H2,1H3,(H2,14,19,20). The molecule has 1 heterocycles. The Morgan fingerprint density at radius 1 is 1.35 bits per heavy atom. The number of hydrogen-bond donors (Lipinski definition) is 1. The second kappa shape index (κ2) is 6.60. The third-order valence-electron chi connectivity index (χ3n) is 3.09. The highest BCUT2D eigenvalue weighted by atomic mass is 32.2. The zero-order chi connectivity index (χ0) is 17.2. The maximum atomic E-state index is 12.1. The molecule has 1 aliphatic rings. The number of primary sulfonamides is 1. The highest BCUT2D eigenvalue weighted by molar-refractivity contribution is 7.89. The molecular formula is C13H15N3O5S2. The van der Waals surface area contributed by atoms with Crippen LogP contribution in [0.5, 0.6) is 0 Å². The van der Waals surface area contributed by atoms with E-state index in [0.29, 0.717) is 5.69 Å². The second-order valence-corrected chi connectivity index (χ2v) is 6.64. The molecule has 1 aliphatic heterocycles. The lowest BCUT2D eigenvalue weighted by Crippen LogP contribution is -2.36. The van der Waals surface area contributed by atoms with Crippen molar-refractivity contribution < 1.29 is 22.7 Å². The number of benzene rings is 1. The molecule has 10 heteroatoms. The molecule has 0 bridgehead atoms. The molecular weight excluding hydrogens is 342 g/mol. The summed E-state index contributed by atoms with van der Waals surface area (Å²) in [6.45, 7) is 1.76. The monoisotopic (exact) mass is 357 g/mol. The minimum absolute atomic E-state index is 0.0470. The molecule has 0 saturated carbocycles. The first-order valence-electron chi connectivity index (χ1n) is 6.64. The van der Waals surface area contributed by atoms with Crippen molar-refractivity contribution in [1.29, 1.82) is 0 Å². The largest absolute Gasteiger partial charge is 0.465 e. The van der Waals surface area contributed by atoms with E-state index in [1.165, 1.54) is 34.1 Å². The molecule has 1 fully saturated rings. The van der Waals surface area contributed by atoms with Gasteiger partial charge in [-0.15, -0.1) is 0 Å². The van der Waals surface area contributed by atoms with Gasteiger partial charge in [-0.2, -0.15) is 0 Å². The van der Waals surface area contributed by atoms with Gasteiger partial charge < -0.3 is 9.64 Å². The lowest BCUT2D eigenvalue weighted by molar-refractivity contribution is -0.143. The molecule has 1 amide bonds. The molecule has 0 unspecified atom stereocenters. The number of sulfonamides is 1. The van der Waals surface area contributed by atoms with Crippen LogP contribution in [-0.4, -0.2) is 50.0 Å². The fourth-order valence-corrected chi connectivity index (χ4v) is 2.93. The molecule has 124 valence electrons. The van der Waals surface area contributed by atoms with Crippen LogP contribution in [-0.2, 0) is 24.3 Å². The Hall–Kier alpha value is -2.04. The number of ether oxygens (including phenoxy) is 1. The van der Waals surface area contributed by atoms with Gasteiger partial charge in [0.15, 0.2) is 5.11 Å². The molecule has 2 N–H and O–H groups in total. The number of nitrogens with zero attached hydrogens (tertiary/aromatic N) is 2. The van der Waals surface area contributed by atoms with E-state index in [1.54, 1.807) is 6.92 Å². The topological polar surface area (TPSA) is 110 Å². The zero-order valence-corrected chi connectivity index (χ0v) is 13.9. The van der Waals surface area contributed by atoms with Crippen LogP contribution in [0.25, 0.3) is 0 Å². The van der Waals surface area contributed by atoms with Gasteiger partial charge in [0.1, 0.15) is 13.1 Å². The molecule has 8 nitrogen and oxygen atoms in total. The number of nitrogens with two attached hydrogens (primary N) is 1. The van der Waals surface area contributed by atoms with Crippen LogP contribution in [0, 0.1) is 0 Å². The second-order valence-electron chi connectivity index (χ2n) is 4.71. The van der Waals surface area contributed by atoms with Gasteiger partial charge in [-0.3, -0.25) is 14.5 Å². The van der Waals surface area contributed by atoms with Crippen molar-refractivity contribution in [2.75, 3.05) is 24.6 Å². The number of anilines is 1. The average Bonchev–Trinajstić information content (AvgIpc) is 2.73. The highest BCUT2D eigenvalue weighted by Gasteiger charge is 2.35. The smallest absolute Gasteiger partial charge is 0.325 e. The van der Waals surface area contributed by atoms with Crippen LogP contribution < -0.4 is 10.0 Å². The Morgan fingerprint density at radius 2 is 1.96 bits per heavy atom. The Bertz CT molecular complexity index is 745.